The smallest absolute Gasteiger partial charge is 0.395 e. The van der Waals surface area contributed by atoms with Crippen LogP contribution in [-0.4, -0.2) is 26.1 Å². The van der Waals surface area contributed by atoms with Gasteiger partial charge in [0.15, 0.2) is 5.69 Å². The summed E-state index contributed by atoms with van der Waals surface area (Å²) in [6, 6.07) is 2.75. The molecule has 4 N–H and O–H groups in total. The predicted molar refractivity (Wildman–Crippen MR) is 58.8 cm³/mol. The molecule has 0 aromatic carbocycles. The quantitative estimate of drug-likeness (QED) is 0.728. The van der Waals surface area contributed by atoms with Crippen molar-refractivity contribution in [3.8, 4) is 17.3 Å². The second kappa shape index (κ2) is 4.28. The standard InChI is InChI=1S/C9H9FN6O2/c1-16-8(18-9(12)17)6(14-15-16)5-3-2-4(11)7(10)13-5/h2-3H,11H2,1H3,(H2,12,17). The molecule has 0 aliphatic heterocycles. The van der Waals surface area contributed by atoms with Gasteiger partial charge in [-0.3, -0.25) is 0 Å². The molecule has 0 spiro atoms. The van der Waals surface area contributed by atoms with E-state index in [1.165, 1.54) is 23.9 Å². The number of carbonyl (C=O) groups excluding carboxylic acids is 1. The summed E-state index contributed by atoms with van der Waals surface area (Å²) in [5.74, 6) is -0.873. The topological polar surface area (TPSA) is 122 Å². The Morgan fingerprint density at radius 3 is 2.83 bits per heavy atom. The van der Waals surface area contributed by atoms with Crippen LogP contribution in [0.15, 0.2) is 12.1 Å². The summed E-state index contributed by atoms with van der Waals surface area (Å²) in [7, 11) is 1.49. The molecule has 0 aliphatic carbocycles. The maximum atomic E-state index is 13.2. The van der Waals surface area contributed by atoms with Crippen molar-refractivity contribution in [1.29, 1.82) is 0 Å². The lowest BCUT2D eigenvalue weighted by Crippen LogP contribution is -2.18. The molecule has 9 heteroatoms. The maximum absolute atomic E-state index is 13.2. The fourth-order valence-electron chi connectivity index (χ4n) is 1.30. The van der Waals surface area contributed by atoms with E-state index in [-0.39, 0.29) is 23.0 Å². The third-order valence-corrected chi connectivity index (χ3v) is 2.09. The highest BCUT2D eigenvalue weighted by atomic mass is 19.1. The molecule has 2 aromatic rings. The zero-order chi connectivity index (χ0) is 13.3. The molecule has 8 nitrogen and oxygen atoms in total. The normalized spacial score (nSPS) is 10.3. The molecule has 0 saturated carbocycles. The van der Waals surface area contributed by atoms with E-state index in [1.54, 1.807) is 0 Å². The third kappa shape index (κ3) is 2.05. The van der Waals surface area contributed by atoms with Gasteiger partial charge in [0.05, 0.1) is 11.4 Å². The molecule has 2 aromatic heterocycles. The van der Waals surface area contributed by atoms with E-state index in [4.69, 9.17) is 16.2 Å². The van der Waals surface area contributed by atoms with Crippen LogP contribution in [0.5, 0.6) is 5.88 Å². The van der Waals surface area contributed by atoms with E-state index in [0.717, 1.165) is 0 Å². The average Bonchev–Trinajstić information content (AvgIpc) is 2.64. The lowest BCUT2D eigenvalue weighted by Gasteiger charge is -2.03. The molecule has 18 heavy (non-hydrogen) atoms. The number of anilines is 1. The highest BCUT2D eigenvalue weighted by Gasteiger charge is 2.18. The van der Waals surface area contributed by atoms with E-state index in [2.05, 4.69) is 15.3 Å². The van der Waals surface area contributed by atoms with Gasteiger partial charge in [-0.25, -0.2) is 14.5 Å². The Morgan fingerprint density at radius 2 is 2.22 bits per heavy atom. The van der Waals surface area contributed by atoms with Crippen molar-refractivity contribution >= 4 is 11.8 Å². The molecule has 0 unspecified atom stereocenters. The molecule has 94 valence electrons. The highest BCUT2D eigenvalue weighted by molar-refractivity contribution is 5.71. The van der Waals surface area contributed by atoms with Crippen molar-refractivity contribution < 1.29 is 13.9 Å². The minimum absolute atomic E-state index is 0.0285. The van der Waals surface area contributed by atoms with Gasteiger partial charge < -0.3 is 16.2 Å². The van der Waals surface area contributed by atoms with E-state index in [9.17, 15) is 9.18 Å². The molecule has 0 saturated heterocycles. The van der Waals surface area contributed by atoms with Gasteiger partial charge in [0.1, 0.15) is 0 Å². The number of carbonyl (C=O) groups is 1. The number of nitrogen functional groups attached to an aromatic ring is 1. The van der Waals surface area contributed by atoms with Gasteiger partial charge in [0, 0.05) is 7.05 Å². The Kier molecular flexibility index (Phi) is 2.80. The number of halogens is 1. The maximum Gasteiger partial charge on any atom is 0.411 e. The SMILES string of the molecule is Cn1nnc(-c2ccc(N)c(F)n2)c1OC(N)=O. The number of rotatable bonds is 2. The summed E-state index contributed by atoms with van der Waals surface area (Å²) < 4.78 is 19.1. The molecule has 0 radical (unpaired) electrons. The number of aryl methyl sites for hydroxylation is 1. The molecule has 0 bridgehead atoms. The van der Waals surface area contributed by atoms with Crippen molar-refractivity contribution in [3.63, 3.8) is 0 Å². The third-order valence-electron chi connectivity index (χ3n) is 2.09. The van der Waals surface area contributed by atoms with Gasteiger partial charge in [0.2, 0.25) is 5.95 Å². The van der Waals surface area contributed by atoms with Crippen molar-refractivity contribution in [1.82, 2.24) is 20.0 Å². The number of primary amides is 1. The first-order valence-corrected chi connectivity index (χ1v) is 4.78. The Morgan fingerprint density at radius 1 is 1.50 bits per heavy atom. The zero-order valence-electron chi connectivity index (χ0n) is 9.29. The number of pyridine rings is 1. The van der Waals surface area contributed by atoms with Gasteiger partial charge in [-0.2, -0.15) is 4.39 Å². The Bertz CT molecular complexity index is 611. The number of hydrogen-bond donors (Lipinski definition) is 2. The minimum Gasteiger partial charge on any atom is -0.395 e. The molecule has 2 heterocycles. The summed E-state index contributed by atoms with van der Waals surface area (Å²) >= 11 is 0. The van der Waals surface area contributed by atoms with Crippen LogP contribution >= 0.6 is 0 Å². The Balaban J connectivity index is 2.50. The van der Waals surface area contributed by atoms with E-state index < -0.39 is 12.0 Å². The highest BCUT2D eigenvalue weighted by Crippen LogP contribution is 2.26. The zero-order valence-corrected chi connectivity index (χ0v) is 9.29. The summed E-state index contributed by atoms with van der Waals surface area (Å²) in [5.41, 5.74) is 10.3. The second-order valence-corrected chi connectivity index (χ2v) is 3.36. The summed E-state index contributed by atoms with van der Waals surface area (Å²) in [6.07, 6.45) is -1.03. The first kappa shape index (κ1) is 11.8. The number of aromatic nitrogens is 4. The van der Waals surface area contributed by atoms with E-state index in [0.29, 0.717) is 0 Å². The minimum atomic E-state index is -1.03. The van der Waals surface area contributed by atoms with Gasteiger partial charge in [-0.05, 0) is 12.1 Å². The molecule has 1 amide bonds. The molecule has 0 atom stereocenters. The van der Waals surface area contributed by atoms with E-state index >= 15 is 0 Å². The van der Waals surface area contributed by atoms with Crippen LogP contribution in [0.2, 0.25) is 0 Å². The van der Waals surface area contributed by atoms with Crippen LogP contribution in [0, 0.1) is 5.95 Å². The van der Waals surface area contributed by atoms with Crippen molar-refractivity contribution in [2.45, 2.75) is 0 Å². The second-order valence-electron chi connectivity index (χ2n) is 3.36. The number of nitrogens with zero attached hydrogens (tertiary/aromatic N) is 4. The first-order valence-electron chi connectivity index (χ1n) is 4.78. The number of nitrogens with two attached hydrogens (primary N) is 2. The Labute approximate surface area is 100 Å². The molecular formula is C9H9FN6O2. The lowest BCUT2D eigenvalue weighted by molar-refractivity contribution is 0.207. The van der Waals surface area contributed by atoms with Crippen LogP contribution in [-0.2, 0) is 7.05 Å². The van der Waals surface area contributed by atoms with Crippen molar-refractivity contribution in [2.75, 3.05) is 5.73 Å². The van der Waals surface area contributed by atoms with E-state index in [1.807, 2.05) is 0 Å². The summed E-state index contributed by atoms with van der Waals surface area (Å²) in [4.78, 5) is 14.3. The number of ether oxygens (including phenoxy) is 1. The van der Waals surface area contributed by atoms with Crippen LogP contribution < -0.4 is 16.2 Å². The molecule has 2 rings (SSSR count). The predicted octanol–water partition coefficient (Wildman–Crippen LogP) is 0.0559. The van der Waals surface area contributed by atoms with Crippen LogP contribution in [0.25, 0.3) is 11.4 Å². The molecule has 0 fully saturated rings. The van der Waals surface area contributed by atoms with Crippen molar-refractivity contribution in [2.24, 2.45) is 12.8 Å². The molecule has 0 aliphatic rings. The van der Waals surface area contributed by atoms with Gasteiger partial charge in [0.25, 0.3) is 5.88 Å². The fraction of sp³-hybridized carbons (Fsp3) is 0.111. The van der Waals surface area contributed by atoms with Gasteiger partial charge >= 0.3 is 6.09 Å². The average molecular weight is 252 g/mol. The largest absolute Gasteiger partial charge is 0.411 e. The summed E-state index contributed by atoms with van der Waals surface area (Å²) in [6.45, 7) is 0. The Hall–Kier alpha value is -2.71. The van der Waals surface area contributed by atoms with Crippen LogP contribution in [0.3, 0.4) is 0 Å². The van der Waals surface area contributed by atoms with Crippen molar-refractivity contribution in [3.05, 3.63) is 18.1 Å². The van der Waals surface area contributed by atoms with Crippen LogP contribution in [0.1, 0.15) is 0 Å². The van der Waals surface area contributed by atoms with Gasteiger partial charge in [-0.1, -0.05) is 5.21 Å². The van der Waals surface area contributed by atoms with Gasteiger partial charge in [-0.15, -0.1) is 5.10 Å². The lowest BCUT2D eigenvalue weighted by atomic mass is 10.2. The number of hydrogen-bond acceptors (Lipinski definition) is 6. The fourth-order valence-corrected chi connectivity index (χ4v) is 1.30. The summed E-state index contributed by atoms with van der Waals surface area (Å²) in [5, 5.41) is 7.36. The monoisotopic (exact) mass is 252 g/mol. The molecular weight excluding hydrogens is 243 g/mol. The van der Waals surface area contributed by atoms with Crippen LogP contribution in [0.4, 0.5) is 14.9 Å². The number of amides is 1. The first-order chi connectivity index (χ1) is 8.49.